The molecule has 1 amide bonds. The Bertz CT molecular complexity index is 1420. The summed E-state index contributed by atoms with van der Waals surface area (Å²) in [6, 6.07) is 22.5. The summed E-state index contributed by atoms with van der Waals surface area (Å²) in [5.74, 6) is 0.272. The van der Waals surface area contributed by atoms with Crippen LogP contribution in [0.15, 0.2) is 77.7 Å². The molecule has 0 bridgehead atoms. The molecule has 8 heteroatoms. The van der Waals surface area contributed by atoms with Crippen molar-refractivity contribution in [2.45, 2.75) is 35.5 Å². The molecule has 0 radical (unpaired) electrons. The Morgan fingerprint density at radius 3 is 2.37 bits per heavy atom. The topological polar surface area (TPSA) is 57.7 Å². The van der Waals surface area contributed by atoms with Gasteiger partial charge >= 0.3 is 0 Å². The maximum Gasteiger partial charge on any atom is 0.253 e. The molecule has 2 aliphatic rings. The summed E-state index contributed by atoms with van der Waals surface area (Å²) in [6.45, 7) is 3.09. The SMILES string of the molecule is CN(C[C@@H](CCN1CCC2(CC1)CS(=O)(=O)c1ccccc12)c1ccc(Cl)c(Cl)c1)C(=O)c1ccccc1. The highest BCUT2D eigenvalue weighted by Gasteiger charge is 2.48. The van der Waals surface area contributed by atoms with Crippen LogP contribution in [0.5, 0.6) is 0 Å². The Morgan fingerprint density at radius 1 is 0.974 bits per heavy atom. The molecule has 1 saturated heterocycles. The van der Waals surface area contributed by atoms with Crippen LogP contribution in [0.3, 0.4) is 0 Å². The van der Waals surface area contributed by atoms with E-state index < -0.39 is 9.84 Å². The fraction of sp³-hybridized carbons (Fsp3) is 0.367. The van der Waals surface area contributed by atoms with E-state index in [9.17, 15) is 13.2 Å². The van der Waals surface area contributed by atoms with Gasteiger partial charge in [0, 0.05) is 30.5 Å². The first-order valence-electron chi connectivity index (χ1n) is 13.0. The highest BCUT2D eigenvalue weighted by molar-refractivity contribution is 7.91. The van der Waals surface area contributed by atoms with Gasteiger partial charge in [-0.2, -0.15) is 0 Å². The van der Waals surface area contributed by atoms with Gasteiger partial charge in [0.25, 0.3) is 5.91 Å². The zero-order valence-corrected chi connectivity index (χ0v) is 23.8. The van der Waals surface area contributed by atoms with Crippen LogP contribution in [-0.4, -0.2) is 63.1 Å². The fourth-order valence-corrected chi connectivity index (χ4v) is 8.54. The van der Waals surface area contributed by atoms with Gasteiger partial charge < -0.3 is 9.80 Å². The summed E-state index contributed by atoms with van der Waals surface area (Å²) < 4.78 is 25.7. The quantitative estimate of drug-likeness (QED) is 0.346. The molecule has 0 aromatic heterocycles. The lowest BCUT2D eigenvalue weighted by atomic mass is 9.74. The third kappa shape index (κ3) is 5.50. The predicted octanol–water partition coefficient (Wildman–Crippen LogP) is 6.06. The van der Waals surface area contributed by atoms with E-state index in [1.807, 2.05) is 73.8 Å². The van der Waals surface area contributed by atoms with E-state index in [0.29, 0.717) is 27.0 Å². The molecule has 3 aromatic carbocycles. The van der Waals surface area contributed by atoms with Crippen molar-refractivity contribution in [2.24, 2.45) is 0 Å². The predicted molar refractivity (Wildman–Crippen MR) is 153 cm³/mol. The molecule has 3 aromatic rings. The van der Waals surface area contributed by atoms with Gasteiger partial charge in [0.2, 0.25) is 0 Å². The molecule has 0 aliphatic carbocycles. The van der Waals surface area contributed by atoms with Crippen LogP contribution in [0.25, 0.3) is 0 Å². The summed E-state index contributed by atoms with van der Waals surface area (Å²) in [5, 5.41) is 1.02. The second-order valence-electron chi connectivity index (χ2n) is 10.6. The van der Waals surface area contributed by atoms with E-state index in [4.69, 9.17) is 23.2 Å². The van der Waals surface area contributed by atoms with Crippen LogP contribution in [0, 0.1) is 0 Å². The van der Waals surface area contributed by atoms with Crippen LogP contribution in [0.2, 0.25) is 10.0 Å². The van der Waals surface area contributed by atoms with Gasteiger partial charge in [-0.05, 0) is 80.4 Å². The van der Waals surface area contributed by atoms with Crippen molar-refractivity contribution in [3.63, 3.8) is 0 Å². The number of hydrogen-bond acceptors (Lipinski definition) is 4. The van der Waals surface area contributed by atoms with Gasteiger partial charge in [-0.25, -0.2) is 8.42 Å². The fourth-order valence-electron chi connectivity index (χ4n) is 6.00. The minimum Gasteiger partial charge on any atom is -0.341 e. The van der Waals surface area contributed by atoms with E-state index in [0.717, 1.165) is 50.0 Å². The summed E-state index contributed by atoms with van der Waals surface area (Å²) >= 11 is 12.6. The van der Waals surface area contributed by atoms with Crippen molar-refractivity contribution in [1.29, 1.82) is 0 Å². The Hall–Kier alpha value is -2.38. The average molecular weight is 572 g/mol. The first kappa shape index (κ1) is 27.2. The summed E-state index contributed by atoms with van der Waals surface area (Å²) in [6.07, 6.45) is 2.49. The molecule has 1 spiro atoms. The minimum absolute atomic E-state index is 0.0170. The molecule has 1 atom stereocenters. The van der Waals surface area contributed by atoms with E-state index >= 15 is 0 Å². The number of sulfone groups is 1. The first-order chi connectivity index (χ1) is 18.2. The third-order valence-electron chi connectivity index (χ3n) is 8.14. The molecule has 1 fully saturated rings. The van der Waals surface area contributed by atoms with Crippen molar-refractivity contribution in [3.8, 4) is 0 Å². The van der Waals surface area contributed by atoms with E-state index in [1.54, 1.807) is 11.0 Å². The van der Waals surface area contributed by atoms with Gasteiger partial charge in [0.05, 0.1) is 20.7 Å². The molecule has 2 heterocycles. The molecule has 0 unspecified atom stereocenters. The van der Waals surface area contributed by atoms with Crippen LogP contribution in [0.1, 0.15) is 46.7 Å². The van der Waals surface area contributed by atoms with Crippen LogP contribution in [-0.2, 0) is 15.3 Å². The van der Waals surface area contributed by atoms with E-state index in [2.05, 4.69) is 4.90 Å². The van der Waals surface area contributed by atoms with Crippen molar-refractivity contribution in [1.82, 2.24) is 9.80 Å². The molecular formula is C30H32Cl2N2O3S. The molecule has 0 saturated carbocycles. The van der Waals surface area contributed by atoms with Crippen LogP contribution < -0.4 is 0 Å². The summed E-state index contributed by atoms with van der Waals surface area (Å²) in [5.41, 5.74) is 2.43. The number of fused-ring (bicyclic) bond motifs is 2. The molecule has 0 N–H and O–H groups in total. The van der Waals surface area contributed by atoms with Crippen LogP contribution in [0.4, 0.5) is 0 Å². The number of piperidine rings is 1. The first-order valence-corrected chi connectivity index (χ1v) is 15.4. The number of nitrogens with zero attached hydrogens (tertiary/aromatic N) is 2. The largest absolute Gasteiger partial charge is 0.341 e. The maximum absolute atomic E-state index is 13.1. The Morgan fingerprint density at radius 2 is 1.66 bits per heavy atom. The van der Waals surface area contributed by atoms with Gasteiger partial charge in [0.1, 0.15) is 0 Å². The number of likely N-dealkylation sites (tertiary alicyclic amines) is 1. The highest BCUT2D eigenvalue weighted by Crippen LogP contribution is 2.46. The maximum atomic E-state index is 13.1. The smallest absolute Gasteiger partial charge is 0.253 e. The molecular weight excluding hydrogens is 539 g/mol. The Balaban J connectivity index is 1.27. The van der Waals surface area contributed by atoms with Gasteiger partial charge in [-0.1, -0.05) is 65.7 Å². The monoisotopic (exact) mass is 570 g/mol. The van der Waals surface area contributed by atoms with Gasteiger partial charge in [-0.15, -0.1) is 0 Å². The highest BCUT2D eigenvalue weighted by atomic mass is 35.5. The molecule has 38 heavy (non-hydrogen) atoms. The number of amides is 1. The summed E-state index contributed by atoms with van der Waals surface area (Å²) in [7, 11) is -1.39. The van der Waals surface area contributed by atoms with Gasteiger partial charge in [-0.3, -0.25) is 4.79 Å². The number of hydrogen-bond donors (Lipinski definition) is 0. The third-order valence-corrected chi connectivity index (χ3v) is 10.8. The molecule has 2 aliphatic heterocycles. The minimum atomic E-state index is -3.22. The van der Waals surface area contributed by atoms with Crippen molar-refractivity contribution in [3.05, 3.63) is 99.5 Å². The number of halogens is 2. The number of likely N-dealkylation sites (N-methyl/N-ethyl adjacent to an activating group) is 1. The van der Waals surface area contributed by atoms with E-state index in [-0.39, 0.29) is 23.0 Å². The second-order valence-corrected chi connectivity index (χ2v) is 13.4. The zero-order chi connectivity index (χ0) is 26.9. The normalized spacial score (nSPS) is 18.7. The lowest BCUT2D eigenvalue weighted by Crippen LogP contribution is -2.44. The number of rotatable bonds is 7. The van der Waals surface area contributed by atoms with Crippen molar-refractivity contribution >= 4 is 38.9 Å². The van der Waals surface area contributed by atoms with E-state index in [1.165, 1.54) is 0 Å². The Kier molecular flexibility index (Phi) is 7.88. The molecule has 200 valence electrons. The van der Waals surface area contributed by atoms with Crippen molar-refractivity contribution in [2.75, 3.05) is 39.0 Å². The standard InChI is InChI=1S/C30H32Cl2N2O3S/c1-33(29(35)22-7-3-2-4-8-22)20-24(23-11-12-26(31)27(32)19-23)13-16-34-17-14-30(15-18-34)21-38(36,37)28-10-6-5-9-25(28)30/h2-12,19,24H,13-18,20-21H2,1H3/t24-/m1/s1. The average Bonchev–Trinajstić information content (AvgIpc) is 3.15. The number of carbonyl (C=O) groups excluding carboxylic acids is 1. The summed E-state index contributed by atoms with van der Waals surface area (Å²) in [4.78, 5) is 17.8. The molecule has 5 nitrogen and oxygen atoms in total. The lowest BCUT2D eigenvalue weighted by Gasteiger charge is -2.40. The second kappa shape index (κ2) is 11.0. The Labute approximate surface area is 235 Å². The lowest BCUT2D eigenvalue weighted by molar-refractivity contribution is 0.0780. The number of carbonyl (C=O) groups is 1. The molecule has 5 rings (SSSR count). The zero-order valence-electron chi connectivity index (χ0n) is 21.4. The van der Waals surface area contributed by atoms with Gasteiger partial charge in [0.15, 0.2) is 9.84 Å². The van der Waals surface area contributed by atoms with Crippen molar-refractivity contribution < 1.29 is 13.2 Å². The van der Waals surface area contributed by atoms with Crippen LogP contribution >= 0.6 is 23.2 Å². The number of benzene rings is 3.